The van der Waals surface area contributed by atoms with E-state index in [0.29, 0.717) is 4.88 Å². The first kappa shape index (κ1) is 10.6. The number of aromatic amines is 1. The van der Waals surface area contributed by atoms with Gasteiger partial charge in [-0.2, -0.15) is 5.10 Å². The lowest BCUT2D eigenvalue weighted by Crippen LogP contribution is -1.96. The summed E-state index contributed by atoms with van der Waals surface area (Å²) >= 11 is 1.36. The highest BCUT2D eigenvalue weighted by atomic mass is 32.1. The fourth-order valence-corrected chi connectivity index (χ4v) is 2.33. The van der Waals surface area contributed by atoms with Crippen molar-refractivity contribution >= 4 is 23.4 Å². The Morgan fingerprint density at radius 3 is 3.06 bits per heavy atom. The number of esters is 1. The van der Waals surface area contributed by atoms with Gasteiger partial charge in [-0.25, -0.2) is 4.79 Å². The molecule has 0 fully saturated rings. The zero-order chi connectivity index (χ0) is 11.5. The zero-order valence-corrected chi connectivity index (χ0v) is 9.50. The van der Waals surface area contributed by atoms with Crippen LogP contribution in [0, 0.1) is 0 Å². The number of methoxy groups -OCH3 is 1. The Labute approximate surface area is 96.6 Å². The third-order valence-corrected chi connectivity index (χ3v) is 3.25. The molecule has 0 unspecified atom stereocenters. The number of hydrogen-bond acceptors (Lipinski definition) is 4. The molecule has 0 radical (unpaired) electrons. The number of hydrogen-bond donors (Lipinski definition) is 1. The molecule has 0 spiro atoms. The fraction of sp³-hybridized carbons (Fsp3) is 0.0909. The molecule has 0 atom stereocenters. The van der Waals surface area contributed by atoms with Gasteiger partial charge >= 0.3 is 5.97 Å². The van der Waals surface area contributed by atoms with Crippen molar-refractivity contribution in [3.63, 3.8) is 0 Å². The van der Waals surface area contributed by atoms with Gasteiger partial charge in [0.05, 0.1) is 13.3 Å². The molecule has 1 N–H and O–H groups in total. The summed E-state index contributed by atoms with van der Waals surface area (Å²) in [7, 11) is 1.37. The van der Waals surface area contributed by atoms with Crippen LogP contribution >= 0.6 is 11.3 Å². The second-order valence-corrected chi connectivity index (χ2v) is 4.16. The highest BCUT2D eigenvalue weighted by Crippen LogP contribution is 2.32. The minimum absolute atomic E-state index is 0.331. The summed E-state index contributed by atoms with van der Waals surface area (Å²) in [6, 6.07) is 1.79. The van der Waals surface area contributed by atoms with Crippen molar-refractivity contribution in [3.05, 3.63) is 34.8 Å². The first-order valence-electron chi connectivity index (χ1n) is 4.60. The van der Waals surface area contributed by atoms with E-state index in [-0.39, 0.29) is 5.97 Å². The van der Waals surface area contributed by atoms with Gasteiger partial charge < -0.3 is 4.74 Å². The van der Waals surface area contributed by atoms with E-state index >= 15 is 0 Å². The minimum atomic E-state index is -0.331. The number of thiophene rings is 1. The van der Waals surface area contributed by atoms with Gasteiger partial charge in [0.25, 0.3) is 0 Å². The molecule has 2 rings (SSSR count). The number of aromatic nitrogens is 2. The van der Waals surface area contributed by atoms with Crippen molar-refractivity contribution < 1.29 is 9.53 Å². The van der Waals surface area contributed by atoms with E-state index in [9.17, 15) is 4.79 Å². The first-order valence-corrected chi connectivity index (χ1v) is 5.41. The predicted molar refractivity (Wildman–Crippen MR) is 63.3 cm³/mol. The largest absolute Gasteiger partial charge is 0.465 e. The summed E-state index contributed by atoms with van der Waals surface area (Å²) in [6.07, 6.45) is 5.20. The molecule has 0 aliphatic carbocycles. The maximum atomic E-state index is 11.4. The van der Waals surface area contributed by atoms with Crippen LogP contribution in [0.5, 0.6) is 0 Å². The van der Waals surface area contributed by atoms with Crippen molar-refractivity contribution in [2.24, 2.45) is 0 Å². The highest BCUT2D eigenvalue weighted by Gasteiger charge is 2.14. The van der Waals surface area contributed by atoms with E-state index in [2.05, 4.69) is 21.5 Å². The van der Waals surface area contributed by atoms with Crippen LogP contribution in [0.25, 0.3) is 17.2 Å². The molecule has 0 aliphatic rings. The Hall–Kier alpha value is -1.88. The van der Waals surface area contributed by atoms with Gasteiger partial charge in [-0.15, -0.1) is 11.3 Å². The number of ether oxygens (including phenoxy) is 1. The summed E-state index contributed by atoms with van der Waals surface area (Å²) in [4.78, 5) is 12.9. The minimum Gasteiger partial charge on any atom is -0.465 e. The van der Waals surface area contributed by atoms with E-state index in [4.69, 9.17) is 0 Å². The molecule has 82 valence electrons. The van der Waals surface area contributed by atoms with Crippen LogP contribution in [-0.2, 0) is 4.74 Å². The zero-order valence-electron chi connectivity index (χ0n) is 8.69. The molecule has 2 aromatic heterocycles. The molecule has 0 aliphatic heterocycles. The number of nitrogens with zero attached hydrogens (tertiary/aromatic N) is 1. The smallest absolute Gasteiger partial charge is 0.348 e. The summed E-state index contributed by atoms with van der Waals surface area (Å²) in [5.41, 5.74) is 1.87. The van der Waals surface area contributed by atoms with Gasteiger partial charge in [-0.05, 0) is 6.07 Å². The van der Waals surface area contributed by atoms with Crippen LogP contribution < -0.4 is 0 Å². The summed E-state index contributed by atoms with van der Waals surface area (Å²) < 4.78 is 4.68. The van der Waals surface area contributed by atoms with Crippen LogP contribution in [0.3, 0.4) is 0 Å². The number of carbonyl (C=O) groups is 1. The van der Waals surface area contributed by atoms with E-state index in [1.54, 1.807) is 24.5 Å². The van der Waals surface area contributed by atoms with E-state index in [1.807, 2.05) is 0 Å². The maximum Gasteiger partial charge on any atom is 0.348 e. The summed E-state index contributed by atoms with van der Waals surface area (Å²) in [6.45, 7) is 3.73. The average molecular weight is 234 g/mol. The van der Waals surface area contributed by atoms with E-state index in [1.165, 1.54) is 18.4 Å². The second-order valence-electron chi connectivity index (χ2n) is 3.07. The summed E-state index contributed by atoms with van der Waals surface area (Å²) in [5.74, 6) is -0.331. The van der Waals surface area contributed by atoms with Crippen molar-refractivity contribution in [2.75, 3.05) is 7.11 Å². The van der Waals surface area contributed by atoms with Crippen LogP contribution in [0.4, 0.5) is 0 Å². The van der Waals surface area contributed by atoms with Crippen molar-refractivity contribution in [1.29, 1.82) is 0 Å². The van der Waals surface area contributed by atoms with Crippen LogP contribution in [0.2, 0.25) is 0 Å². The molecule has 16 heavy (non-hydrogen) atoms. The quantitative estimate of drug-likeness (QED) is 0.830. The van der Waals surface area contributed by atoms with Crippen molar-refractivity contribution in [1.82, 2.24) is 10.2 Å². The average Bonchev–Trinajstić information content (AvgIpc) is 2.95. The number of carbonyl (C=O) groups excluding carboxylic acids is 1. The molecule has 4 nitrogen and oxygen atoms in total. The van der Waals surface area contributed by atoms with Gasteiger partial charge in [0.15, 0.2) is 0 Å². The monoisotopic (exact) mass is 234 g/mol. The Morgan fingerprint density at radius 1 is 1.69 bits per heavy atom. The van der Waals surface area contributed by atoms with Gasteiger partial charge in [0.2, 0.25) is 0 Å². The third kappa shape index (κ3) is 1.77. The number of nitrogens with one attached hydrogen (secondary N) is 1. The van der Waals surface area contributed by atoms with Crippen molar-refractivity contribution in [3.8, 4) is 11.1 Å². The van der Waals surface area contributed by atoms with Gasteiger partial charge in [0, 0.05) is 22.2 Å². The maximum absolute atomic E-state index is 11.4. The molecule has 0 saturated carbocycles. The summed E-state index contributed by atoms with van der Waals surface area (Å²) in [5, 5.41) is 6.61. The Kier molecular flexibility index (Phi) is 2.87. The lowest BCUT2D eigenvalue weighted by Gasteiger charge is -1.92. The standard InChI is InChI=1S/C11H10N2O2S/c1-3-9-8(7-5-12-13-6-7)4-10(16-9)11(14)15-2/h3-6H,1H2,2H3,(H,12,13). The topological polar surface area (TPSA) is 55.0 Å². The van der Waals surface area contributed by atoms with Crippen LogP contribution in [0.1, 0.15) is 14.5 Å². The molecule has 0 bridgehead atoms. The Morgan fingerprint density at radius 2 is 2.50 bits per heavy atom. The lowest BCUT2D eigenvalue weighted by molar-refractivity contribution is 0.0606. The highest BCUT2D eigenvalue weighted by molar-refractivity contribution is 7.15. The lowest BCUT2D eigenvalue weighted by atomic mass is 10.1. The second kappa shape index (κ2) is 4.32. The van der Waals surface area contributed by atoms with Gasteiger partial charge in [-0.3, -0.25) is 5.10 Å². The molecular formula is C11H10N2O2S. The predicted octanol–water partition coefficient (Wildman–Crippen LogP) is 2.57. The van der Waals surface area contributed by atoms with Crippen LogP contribution in [-0.4, -0.2) is 23.3 Å². The molecule has 5 heteroatoms. The molecule has 2 heterocycles. The first-order chi connectivity index (χ1) is 7.76. The molecule has 0 saturated heterocycles. The van der Waals surface area contributed by atoms with E-state index < -0.39 is 0 Å². The van der Waals surface area contributed by atoms with E-state index in [0.717, 1.165) is 16.0 Å². The normalized spacial score (nSPS) is 10.1. The SMILES string of the molecule is C=Cc1sc(C(=O)OC)cc1-c1cn[nH]c1. The molecule has 0 aromatic carbocycles. The molecule has 2 aromatic rings. The number of rotatable bonds is 3. The Balaban J connectivity index is 2.49. The molecular weight excluding hydrogens is 224 g/mol. The molecule has 0 amide bonds. The Bertz CT molecular complexity index is 514. The van der Waals surface area contributed by atoms with Crippen LogP contribution in [0.15, 0.2) is 25.0 Å². The van der Waals surface area contributed by atoms with Gasteiger partial charge in [0.1, 0.15) is 4.88 Å². The fourth-order valence-electron chi connectivity index (χ4n) is 1.38. The van der Waals surface area contributed by atoms with Crippen molar-refractivity contribution in [2.45, 2.75) is 0 Å². The number of H-pyrrole nitrogens is 1. The third-order valence-electron chi connectivity index (χ3n) is 2.14. The van der Waals surface area contributed by atoms with Gasteiger partial charge in [-0.1, -0.05) is 12.7 Å².